The lowest BCUT2D eigenvalue weighted by molar-refractivity contribution is -0.143. The first-order chi connectivity index (χ1) is 8.18. The molecule has 0 aromatic carbocycles. The zero-order valence-corrected chi connectivity index (χ0v) is 11.4. The van der Waals surface area contributed by atoms with Crippen LogP contribution in [0, 0.1) is 5.92 Å². The number of nitrogens with zero attached hydrogens (tertiary/aromatic N) is 1. The van der Waals surface area contributed by atoms with Crippen molar-refractivity contribution in [3.8, 4) is 0 Å². The lowest BCUT2D eigenvalue weighted by atomic mass is 9.85. The minimum absolute atomic E-state index is 0.0819. The Morgan fingerprint density at radius 3 is 2.12 bits per heavy atom. The fraction of sp³-hybridized carbons (Fsp3) is 0.923. The second kappa shape index (κ2) is 6.10. The predicted molar refractivity (Wildman–Crippen MR) is 71.5 cm³/mol. The summed E-state index contributed by atoms with van der Waals surface area (Å²) in [6, 6.07) is 1.36. The van der Waals surface area contributed by atoms with Gasteiger partial charge in [-0.1, -0.05) is 0 Å². The minimum atomic E-state index is -0.597. The number of carboxylic acids is 1. The molecule has 0 spiro atoms. The van der Waals surface area contributed by atoms with Gasteiger partial charge in [-0.2, -0.15) is 11.8 Å². The van der Waals surface area contributed by atoms with Crippen LogP contribution in [0.25, 0.3) is 0 Å². The Labute approximate surface area is 108 Å². The number of aliphatic carboxylic acids is 1. The van der Waals surface area contributed by atoms with Gasteiger partial charge in [0, 0.05) is 12.1 Å². The summed E-state index contributed by atoms with van der Waals surface area (Å²) in [6.45, 7) is 0. The molecule has 1 aliphatic heterocycles. The van der Waals surface area contributed by atoms with E-state index in [4.69, 9.17) is 5.11 Å². The SMILES string of the molecule is CN(C1CCSCC1)C1CCC(C(=O)O)CC1. The Kier molecular flexibility index (Phi) is 4.74. The highest BCUT2D eigenvalue weighted by molar-refractivity contribution is 7.99. The molecule has 0 amide bonds. The standard InChI is InChI=1S/C13H23NO2S/c1-14(12-6-8-17-9-7-12)11-4-2-10(3-5-11)13(15)16/h10-12H,2-9H2,1H3,(H,15,16). The lowest BCUT2D eigenvalue weighted by Gasteiger charge is -2.39. The zero-order valence-electron chi connectivity index (χ0n) is 10.6. The van der Waals surface area contributed by atoms with Crippen molar-refractivity contribution in [2.24, 2.45) is 5.92 Å². The fourth-order valence-corrected chi connectivity index (χ4v) is 4.20. The Hall–Kier alpha value is -0.220. The largest absolute Gasteiger partial charge is 0.481 e. The van der Waals surface area contributed by atoms with Gasteiger partial charge in [0.15, 0.2) is 0 Å². The van der Waals surface area contributed by atoms with Crippen molar-refractivity contribution < 1.29 is 9.90 Å². The van der Waals surface area contributed by atoms with Gasteiger partial charge in [-0.05, 0) is 57.1 Å². The smallest absolute Gasteiger partial charge is 0.306 e. The molecule has 0 radical (unpaired) electrons. The summed E-state index contributed by atoms with van der Waals surface area (Å²) >= 11 is 2.06. The number of hydrogen-bond acceptors (Lipinski definition) is 3. The van der Waals surface area contributed by atoms with Gasteiger partial charge in [-0.3, -0.25) is 4.79 Å². The second-order valence-corrected chi connectivity index (χ2v) is 6.58. The zero-order chi connectivity index (χ0) is 12.3. The van der Waals surface area contributed by atoms with Crippen LogP contribution >= 0.6 is 11.8 Å². The summed E-state index contributed by atoms with van der Waals surface area (Å²) in [6.07, 6.45) is 6.48. The molecule has 0 bridgehead atoms. The van der Waals surface area contributed by atoms with Crippen molar-refractivity contribution in [1.29, 1.82) is 0 Å². The molecule has 2 aliphatic rings. The van der Waals surface area contributed by atoms with E-state index in [1.807, 2.05) is 0 Å². The van der Waals surface area contributed by atoms with Crippen LogP contribution in [-0.4, -0.2) is 46.6 Å². The molecule has 1 saturated carbocycles. The van der Waals surface area contributed by atoms with Gasteiger partial charge in [-0.15, -0.1) is 0 Å². The number of thioether (sulfide) groups is 1. The first-order valence-electron chi connectivity index (χ1n) is 6.71. The summed E-state index contributed by atoms with van der Waals surface area (Å²) in [7, 11) is 2.24. The molecule has 1 aliphatic carbocycles. The van der Waals surface area contributed by atoms with Crippen LogP contribution in [0.4, 0.5) is 0 Å². The highest BCUT2D eigenvalue weighted by Crippen LogP contribution is 2.30. The van der Waals surface area contributed by atoms with Gasteiger partial charge in [0.25, 0.3) is 0 Å². The van der Waals surface area contributed by atoms with Gasteiger partial charge < -0.3 is 10.0 Å². The van der Waals surface area contributed by atoms with Gasteiger partial charge in [-0.25, -0.2) is 0 Å². The molecule has 3 nitrogen and oxygen atoms in total. The van der Waals surface area contributed by atoms with E-state index in [1.54, 1.807) is 0 Å². The summed E-state index contributed by atoms with van der Waals surface area (Å²) < 4.78 is 0. The third-order valence-electron chi connectivity index (χ3n) is 4.39. The van der Waals surface area contributed by atoms with Crippen molar-refractivity contribution in [3.05, 3.63) is 0 Å². The molecular weight excluding hydrogens is 234 g/mol. The molecule has 0 aromatic heterocycles. The molecule has 0 aromatic rings. The quantitative estimate of drug-likeness (QED) is 0.843. The van der Waals surface area contributed by atoms with Crippen LogP contribution in [-0.2, 0) is 4.79 Å². The normalized spacial score (nSPS) is 31.6. The molecule has 2 rings (SSSR count). The van der Waals surface area contributed by atoms with Gasteiger partial charge >= 0.3 is 5.97 Å². The molecule has 1 heterocycles. The maximum atomic E-state index is 10.9. The van der Waals surface area contributed by atoms with E-state index in [-0.39, 0.29) is 5.92 Å². The Balaban J connectivity index is 1.81. The first kappa shape index (κ1) is 13.2. The van der Waals surface area contributed by atoms with Crippen molar-refractivity contribution in [2.75, 3.05) is 18.6 Å². The van der Waals surface area contributed by atoms with Crippen molar-refractivity contribution in [1.82, 2.24) is 4.90 Å². The van der Waals surface area contributed by atoms with E-state index in [0.717, 1.165) is 31.7 Å². The molecule has 1 saturated heterocycles. The number of carbonyl (C=O) groups is 1. The molecule has 0 atom stereocenters. The average molecular weight is 257 g/mol. The summed E-state index contributed by atoms with van der Waals surface area (Å²) in [5.41, 5.74) is 0. The maximum Gasteiger partial charge on any atom is 0.306 e. The topological polar surface area (TPSA) is 40.5 Å². The summed E-state index contributed by atoms with van der Waals surface area (Å²) in [5.74, 6) is 1.90. The van der Waals surface area contributed by atoms with Crippen LogP contribution in [0.1, 0.15) is 38.5 Å². The van der Waals surface area contributed by atoms with Crippen LogP contribution in [0.2, 0.25) is 0 Å². The summed E-state index contributed by atoms with van der Waals surface area (Å²) in [5, 5.41) is 9.00. The molecule has 1 N–H and O–H groups in total. The monoisotopic (exact) mass is 257 g/mol. The molecule has 2 fully saturated rings. The molecule has 17 heavy (non-hydrogen) atoms. The van der Waals surface area contributed by atoms with Crippen molar-refractivity contribution in [2.45, 2.75) is 50.6 Å². The highest BCUT2D eigenvalue weighted by atomic mass is 32.2. The van der Waals surface area contributed by atoms with Gasteiger partial charge in [0.05, 0.1) is 5.92 Å². The van der Waals surface area contributed by atoms with Gasteiger partial charge in [0.2, 0.25) is 0 Å². The van der Waals surface area contributed by atoms with Crippen LogP contribution < -0.4 is 0 Å². The lowest BCUT2D eigenvalue weighted by Crippen LogP contribution is -2.44. The van der Waals surface area contributed by atoms with E-state index >= 15 is 0 Å². The molecule has 0 unspecified atom stereocenters. The van der Waals surface area contributed by atoms with E-state index < -0.39 is 5.97 Å². The van der Waals surface area contributed by atoms with E-state index in [2.05, 4.69) is 23.7 Å². The fourth-order valence-electron chi connectivity index (χ4n) is 3.12. The van der Waals surface area contributed by atoms with Crippen molar-refractivity contribution >= 4 is 17.7 Å². The molecule has 98 valence electrons. The Morgan fingerprint density at radius 1 is 1.06 bits per heavy atom. The van der Waals surface area contributed by atoms with E-state index in [0.29, 0.717) is 6.04 Å². The highest BCUT2D eigenvalue weighted by Gasteiger charge is 2.30. The number of rotatable bonds is 3. The Bertz CT molecular complexity index is 258. The third-order valence-corrected chi connectivity index (χ3v) is 5.44. The number of carboxylic acid groups (broad SMARTS) is 1. The van der Waals surface area contributed by atoms with Crippen LogP contribution in [0.5, 0.6) is 0 Å². The summed E-state index contributed by atoms with van der Waals surface area (Å²) in [4.78, 5) is 13.5. The van der Waals surface area contributed by atoms with Crippen LogP contribution in [0.3, 0.4) is 0 Å². The third kappa shape index (κ3) is 3.38. The molecular formula is C13H23NO2S. The van der Waals surface area contributed by atoms with Gasteiger partial charge in [0.1, 0.15) is 0 Å². The first-order valence-corrected chi connectivity index (χ1v) is 7.86. The second-order valence-electron chi connectivity index (χ2n) is 5.35. The van der Waals surface area contributed by atoms with E-state index in [9.17, 15) is 4.79 Å². The number of hydrogen-bond donors (Lipinski definition) is 1. The van der Waals surface area contributed by atoms with Crippen LogP contribution in [0.15, 0.2) is 0 Å². The average Bonchev–Trinajstić information content (AvgIpc) is 2.39. The Morgan fingerprint density at radius 2 is 1.59 bits per heavy atom. The van der Waals surface area contributed by atoms with Crippen molar-refractivity contribution in [3.63, 3.8) is 0 Å². The minimum Gasteiger partial charge on any atom is -0.481 e. The molecule has 4 heteroatoms. The van der Waals surface area contributed by atoms with E-state index in [1.165, 1.54) is 24.3 Å². The maximum absolute atomic E-state index is 10.9. The predicted octanol–water partition coefficient (Wildman–Crippen LogP) is 2.46.